The number of amides is 2. The van der Waals surface area contributed by atoms with Crippen LogP contribution in [0.3, 0.4) is 0 Å². The number of nitrogens with zero attached hydrogens (tertiary/aromatic N) is 1. The molecule has 0 aromatic heterocycles. The molecule has 140 valence electrons. The molecule has 1 N–H and O–H groups in total. The third kappa shape index (κ3) is 4.34. The van der Waals surface area contributed by atoms with E-state index < -0.39 is 12.1 Å². The Morgan fingerprint density at radius 2 is 1.81 bits per heavy atom. The standard InChI is InChI=1S/C21H22N2O4/c1-14(20(25)23-12-11-17-5-3-4-6-19(17)23)27-21(26)18-9-7-16(8-10-18)13-22-15(2)24/h3-10,14H,11-13H2,1-2H3,(H,22,24). The van der Waals surface area contributed by atoms with Gasteiger partial charge in [-0.25, -0.2) is 4.79 Å². The van der Waals surface area contributed by atoms with Crippen LogP contribution in [0.1, 0.15) is 35.3 Å². The molecule has 3 rings (SSSR count). The van der Waals surface area contributed by atoms with Crippen molar-refractivity contribution in [3.05, 3.63) is 65.2 Å². The minimum absolute atomic E-state index is 0.116. The molecule has 0 radical (unpaired) electrons. The first-order valence-corrected chi connectivity index (χ1v) is 8.89. The Balaban J connectivity index is 1.60. The molecule has 1 aliphatic heterocycles. The van der Waals surface area contributed by atoms with Gasteiger partial charge in [0.2, 0.25) is 5.91 Å². The van der Waals surface area contributed by atoms with Crippen LogP contribution in [0.15, 0.2) is 48.5 Å². The molecule has 1 aliphatic rings. The smallest absolute Gasteiger partial charge is 0.338 e. The molecule has 2 aromatic rings. The molecular weight excluding hydrogens is 344 g/mol. The second-order valence-corrected chi connectivity index (χ2v) is 6.52. The predicted molar refractivity (Wildman–Crippen MR) is 101 cm³/mol. The SMILES string of the molecule is CC(=O)NCc1ccc(C(=O)OC(C)C(=O)N2CCc3ccccc32)cc1. The lowest BCUT2D eigenvalue weighted by Gasteiger charge is -2.21. The molecule has 0 saturated heterocycles. The van der Waals surface area contributed by atoms with Gasteiger partial charge in [-0.15, -0.1) is 0 Å². The Morgan fingerprint density at radius 1 is 1.11 bits per heavy atom. The number of rotatable bonds is 5. The summed E-state index contributed by atoms with van der Waals surface area (Å²) in [5, 5.41) is 2.69. The maximum Gasteiger partial charge on any atom is 0.338 e. The van der Waals surface area contributed by atoms with Crippen LogP contribution in [0.4, 0.5) is 5.69 Å². The lowest BCUT2D eigenvalue weighted by molar-refractivity contribution is -0.126. The minimum Gasteiger partial charge on any atom is -0.449 e. The van der Waals surface area contributed by atoms with Crippen molar-refractivity contribution in [3.63, 3.8) is 0 Å². The summed E-state index contributed by atoms with van der Waals surface area (Å²) >= 11 is 0. The summed E-state index contributed by atoms with van der Waals surface area (Å²) in [6.45, 7) is 4.03. The van der Waals surface area contributed by atoms with Crippen molar-refractivity contribution < 1.29 is 19.1 Å². The minimum atomic E-state index is -0.872. The number of nitrogens with one attached hydrogen (secondary N) is 1. The zero-order valence-corrected chi connectivity index (χ0v) is 15.4. The second-order valence-electron chi connectivity index (χ2n) is 6.52. The van der Waals surface area contributed by atoms with Gasteiger partial charge in [0.25, 0.3) is 5.91 Å². The summed E-state index contributed by atoms with van der Waals surface area (Å²) in [7, 11) is 0. The fourth-order valence-electron chi connectivity index (χ4n) is 3.05. The molecule has 0 saturated carbocycles. The first kappa shape index (κ1) is 18.6. The van der Waals surface area contributed by atoms with Gasteiger partial charge < -0.3 is 15.0 Å². The summed E-state index contributed by atoms with van der Waals surface area (Å²) in [6.07, 6.45) is -0.0686. The summed E-state index contributed by atoms with van der Waals surface area (Å²) in [4.78, 5) is 37.6. The fraction of sp³-hybridized carbons (Fsp3) is 0.286. The monoisotopic (exact) mass is 366 g/mol. The highest BCUT2D eigenvalue weighted by atomic mass is 16.5. The van der Waals surface area contributed by atoms with E-state index in [-0.39, 0.29) is 11.8 Å². The van der Waals surface area contributed by atoms with E-state index in [0.29, 0.717) is 18.7 Å². The van der Waals surface area contributed by atoms with Gasteiger partial charge in [-0.1, -0.05) is 30.3 Å². The highest BCUT2D eigenvalue weighted by Crippen LogP contribution is 2.28. The van der Waals surface area contributed by atoms with Gasteiger partial charge >= 0.3 is 5.97 Å². The molecule has 2 amide bonds. The van der Waals surface area contributed by atoms with Crippen LogP contribution in [0.25, 0.3) is 0 Å². The average Bonchev–Trinajstić information content (AvgIpc) is 3.10. The van der Waals surface area contributed by atoms with Crippen LogP contribution in [-0.4, -0.2) is 30.4 Å². The number of anilines is 1. The van der Waals surface area contributed by atoms with Crippen molar-refractivity contribution >= 4 is 23.5 Å². The van der Waals surface area contributed by atoms with E-state index in [2.05, 4.69) is 5.32 Å². The maximum absolute atomic E-state index is 12.7. The van der Waals surface area contributed by atoms with E-state index in [0.717, 1.165) is 23.2 Å². The van der Waals surface area contributed by atoms with Crippen LogP contribution in [0.5, 0.6) is 0 Å². The first-order chi connectivity index (χ1) is 13.0. The average molecular weight is 366 g/mol. The zero-order valence-electron chi connectivity index (χ0n) is 15.4. The van der Waals surface area contributed by atoms with Gasteiger partial charge in [0.15, 0.2) is 6.10 Å². The van der Waals surface area contributed by atoms with E-state index in [1.165, 1.54) is 6.92 Å². The summed E-state index contributed by atoms with van der Waals surface area (Å²) < 4.78 is 5.36. The lowest BCUT2D eigenvalue weighted by Crippen LogP contribution is -2.39. The third-order valence-electron chi connectivity index (χ3n) is 4.52. The summed E-state index contributed by atoms with van der Waals surface area (Å²) in [5.41, 5.74) is 3.24. The summed E-state index contributed by atoms with van der Waals surface area (Å²) in [6, 6.07) is 14.5. The van der Waals surface area contributed by atoms with Crippen molar-refractivity contribution in [2.24, 2.45) is 0 Å². The van der Waals surface area contributed by atoms with E-state index in [9.17, 15) is 14.4 Å². The maximum atomic E-state index is 12.7. The zero-order chi connectivity index (χ0) is 19.4. The highest BCUT2D eigenvalue weighted by molar-refractivity contribution is 6.00. The fourth-order valence-corrected chi connectivity index (χ4v) is 3.05. The second kappa shape index (κ2) is 8.03. The van der Waals surface area contributed by atoms with Crippen molar-refractivity contribution in [2.45, 2.75) is 32.9 Å². The Morgan fingerprint density at radius 3 is 2.52 bits per heavy atom. The Bertz CT molecular complexity index is 861. The normalized spacial score (nSPS) is 13.6. The molecular formula is C21H22N2O4. The van der Waals surface area contributed by atoms with Gasteiger partial charge in [0.05, 0.1) is 5.56 Å². The molecule has 6 nitrogen and oxygen atoms in total. The summed E-state index contributed by atoms with van der Waals surface area (Å²) in [5.74, 6) is -0.890. The van der Waals surface area contributed by atoms with Crippen molar-refractivity contribution in [2.75, 3.05) is 11.4 Å². The largest absolute Gasteiger partial charge is 0.449 e. The number of benzene rings is 2. The molecule has 1 unspecified atom stereocenters. The van der Waals surface area contributed by atoms with Gasteiger partial charge in [0.1, 0.15) is 0 Å². The molecule has 0 bridgehead atoms. The number of para-hydroxylation sites is 1. The first-order valence-electron chi connectivity index (χ1n) is 8.89. The van der Waals surface area contributed by atoms with Crippen LogP contribution in [0.2, 0.25) is 0 Å². The number of fused-ring (bicyclic) bond motifs is 1. The van der Waals surface area contributed by atoms with E-state index in [1.807, 2.05) is 24.3 Å². The predicted octanol–water partition coefficient (Wildman–Crippen LogP) is 2.46. The Hall–Kier alpha value is -3.15. The number of carbonyl (C=O) groups is 3. The number of ether oxygens (including phenoxy) is 1. The quantitative estimate of drug-likeness (QED) is 0.825. The molecule has 1 heterocycles. The van der Waals surface area contributed by atoms with Crippen LogP contribution >= 0.6 is 0 Å². The topological polar surface area (TPSA) is 75.7 Å². The van der Waals surface area contributed by atoms with Gasteiger partial charge in [-0.3, -0.25) is 9.59 Å². The highest BCUT2D eigenvalue weighted by Gasteiger charge is 2.29. The third-order valence-corrected chi connectivity index (χ3v) is 4.52. The Kier molecular flexibility index (Phi) is 5.54. The Labute approximate surface area is 158 Å². The van der Waals surface area contributed by atoms with E-state index in [1.54, 1.807) is 36.1 Å². The molecule has 27 heavy (non-hydrogen) atoms. The van der Waals surface area contributed by atoms with E-state index >= 15 is 0 Å². The van der Waals surface area contributed by atoms with E-state index in [4.69, 9.17) is 4.74 Å². The number of carbonyl (C=O) groups excluding carboxylic acids is 3. The number of esters is 1. The lowest BCUT2D eigenvalue weighted by atomic mass is 10.1. The number of hydrogen-bond donors (Lipinski definition) is 1. The van der Waals surface area contributed by atoms with Crippen LogP contribution in [0, 0.1) is 0 Å². The van der Waals surface area contributed by atoms with Gasteiger partial charge in [-0.05, 0) is 42.7 Å². The van der Waals surface area contributed by atoms with Crippen molar-refractivity contribution in [1.82, 2.24) is 5.32 Å². The molecule has 0 spiro atoms. The van der Waals surface area contributed by atoms with Crippen molar-refractivity contribution in [3.8, 4) is 0 Å². The van der Waals surface area contributed by atoms with Crippen molar-refractivity contribution in [1.29, 1.82) is 0 Å². The molecule has 2 aromatic carbocycles. The molecule has 0 aliphatic carbocycles. The molecule has 1 atom stereocenters. The van der Waals surface area contributed by atoms with Gasteiger partial charge in [0, 0.05) is 25.7 Å². The number of hydrogen-bond acceptors (Lipinski definition) is 4. The molecule has 0 fully saturated rings. The van der Waals surface area contributed by atoms with Gasteiger partial charge in [-0.2, -0.15) is 0 Å². The van der Waals surface area contributed by atoms with Crippen LogP contribution in [-0.2, 0) is 27.3 Å². The molecule has 6 heteroatoms. The van der Waals surface area contributed by atoms with Crippen LogP contribution < -0.4 is 10.2 Å².